The van der Waals surface area contributed by atoms with Gasteiger partial charge in [0, 0.05) is 12.8 Å². The zero-order chi connectivity index (χ0) is 44.2. The van der Waals surface area contributed by atoms with Gasteiger partial charge >= 0.3 is 36.9 Å². The first-order valence-electron chi connectivity index (χ1n) is 22.3. The second-order valence-corrected chi connectivity index (χ2v) is 47.1. The predicted molar refractivity (Wildman–Crippen MR) is 251 cm³/mol. The molecule has 344 valence electrons. The fourth-order valence-corrected chi connectivity index (χ4v) is 35.3. The molecule has 0 aromatic rings. The lowest BCUT2D eigenvalue weighted by atomic mass is 10.1. The first-order chi connectivity index (χ1) is 26.6. The van der Waals surface area contributed by atoms with Crippen LogP contribution in [-0.2, 0) is 53.7 Å². The highest BCUT2D eigenvalue weighted by Crippen LogP contribution is 2.52. The monoisotopic (exact) mass is 946 g/mol. The van der Waals surface area contributed by atoms with Crippen molar-refractivity contribution >= 4 is 70.2 Å². The minimum Gasteiger partial charge on any atom is -0.462 e. The lowest BCUT2D eigenvalue weighted by Gasteiger charge is -2.37. The van der Waals surface area contributed by atoms with E-state index in [1.807, 2.05) is 0 Å². The third-order valence-electron chi connectivity index (χ3n) is 9.20. The van der Waals surface area contributed by atoms with E-state index in [0.717, 1.165) is 57.0 Å². The van der Waals surface area contributed by atoms with E-state index in [2.05, 4.69) is 91.7 Å². The molecule has 0 radical (unpaired) electrons. The van der Waals surface area contributed by atoms with Gasteiger partial charge in [0.25, 0.3) is 0 Å². The van der Waals surface area contributed by atoms with Gasteiger partial charge in [-0.05, 0) is 117 Å². The summed E-state index contributed by atoms with van der Waals surface area (Å²) in [4.78, 5) is 25.3. The van der Waals surface area contributed by atoms with Crippen molar-refractivity contribution in [1.82, 2.24) is 0 Å². The molecule has 12 nitrogen and oxygen atoms in total. The molecule has 0 aromatic carbocycles. The van der Waals surface area contributed by atoms with Crippen molar-refractivity contribution in [3.05, 3.63) is 0 Å². The van der Waals surface area contributed by atoms with Gasteiger partial charge in [0.2, 0.25) is 0 Å². The van der Waals surface area contributed by atoms with Crippen molar-refractivity contribution in [1.29, 1.82) is 0 Å². The van der Waals surface area contributed by atoms with Gasteiger partial charge in [0.05, 0.1) is 19.8 Å². The molecule has 19 heteroatoms. The summed E-state index contributed by atoms with van der Waals surface area (Å²) in [5.74, 6) is -0.744. The smallest absolute Gasteiger partial charge is 0.462 e. The molecule has 1 unspecified atom stereocenters. The first-order valence-corrected chi connectivity index (χ1v) is 42.4. The number of hydrogen-bond acceptors (Lipinski definition) is 12. The maximum absolute atomic E-state index is 12.7. The third kappa shape index (κ3) is 31.1. The Labute approximate surface area is 361 Å². The van der Waals surface area contributed by atoms with Gasteiger partial charge in [0.1, 0.15) is 6.61 Å². The van der Waals surface area contributed by atoms with Crippen molar-refractivity contribution in [2.24, 2.45) is 0 Å². The Morgan fingerprint density at radius 2 is 0.862 bits per heavy atom. The van der Waals surface area contributed by atoms with Crippen LogP contribution in [0.4, 0.5) is 0 Å². The molecule has 1 saturated heterocycles. The SMILES string of the molecule is C[Si](C)(C)O[Si](C)(C)O[Si](C)(C)CCCCCCCCCC(=O)OCC(COP1(=O)OCCO1)OC(=O)CCCCCCCCC[Si](C)(C)O[Si](C)(C)O[Si](C)(C)C. The van der Waals surface area contributed by atoms with Gasteiger partial charge in [-0.25, -0.2) is 4.57 Å². The van der Waals surface area contributed by atoms with E-state index in [4.69, 9.17) is 39.5 Å². The summed E-state index contributed by atoms with van der Waals surface area (Å²) in [5, 5.41) is 0. The lowest BCUT2D eigenvalue weighted by molar-refractivity contribution is -0.161. The molecule has 1 heterocycles. The maximum Gasteiger partial charge on any atom is 0.475 e. The maximum atomic E-state index is 12.7. The highest BCUT2D eigenvalue weighted by atomic mass is 31.2. The Morgan fingerprint density at radius 3 is 1.26 bits per heavy atom. The van der Waals surface area contributed by atoms with E-state index in [1.165, 1.54) is 38.5 Å². The van der Waals surface area contributed by atoms with Gasteiger partial charge in [0.15, 0.2) is 39.4 Å². The van der Waals surface area contributed by atoms with E-state index >= 15 is 0 Å². The molecular formula is C39H87O12PSi6. The van der Waals surface area contributed by atoms with E-state index in [9.17, 15) is 14.2 Å². The van der Waals surface area contributed by atoms with Gasteiger partial charge in [-0.15, -0.1) is 0 Å². The standard InChI is InChI=1S/C39H87O12PSi6/c1-53(2,3)48-57(11,12)50-55(7,8)33-27-23-19-15-17-21-25-29-38(40)43-35-37(36-46-52(42)44-31-32-45-52)47-39(41)30-26-22-18-16-20-24-28-34-56(9,10)51-58(13,14)49-54(4,5)6/h37H,15-36H2,1-14H3. The predicted octanol–water partition coefficient (Wildman–Crippen LogP) is 12.4. The number of carbonyl (C=O) groups excluding carboxylic acids is 2. The average molecular weight is 948 g/mol. The summed E-state index contributed by atoms with van der Waals surface area (Å²) < 4.78 is 65.2. The van der Waals surface area contributed by atoms with Crippen LogP contribution in [0.2, 0.25) is 104 Å². The van der Waals surface area contributed by atoms with Crippen LogP contribution in [0.15, 0.2) is 0 Å². The molecule has 1 aliphatic rings. The minimum absolute atomic E-state index is 0.169. The number of ether oxygens (including phenoxy) is 2. The van der Waals surface area contributed by atoms with Crippen molar-refractivity contribution in [2.45, 2.75) is 213 Å². The van der Waals surface area contributed by atoms with Crippen LogP contribution in [0.3, 0.4) is 0 Å². The highest BCUT2D eigenvalue weighted by Gasteiger charge is 2.39. The molecule has 0 aliphatic carbocycles. The summed E-state index contributed by atoms with van der Waals surface area (Å²) in [6, 6.07) is 2.29. The lowest BCUT2D eigenvalue weighted by Crippen LogP contribution is -2.51. The number of unbranched alkanes of at least 4 members (excludes halogenated alkanes) is 12. The fraction of sp³-hybridized carbons (Fsp3) is 0.949. The van der Waals surface area contributed by atoms with Crippen LogP contribution in [-0.4, -0.2) is 94.9 Å². The molecule has 1 rings (SSSR count). The van der Waals surface area contributed by atoms with Crippen molar-refractivity contribution in [3.63, 3.8) is 0 Å². The second kappa shape index (κ2) is 26.7. The number of phosphoric acid groups is 1. The fourth-order valence-electron chi connectivity index (χ4n) is 7.56. The third-order valence-corrected chi connectivity index (χ3v) is 31.0. The van der Waals surface area contributed by atoms with Crippen LogP contribution in [0, 0.1) is 0 Å². The minimum atomic E-state index is -3.69. The van der Waals surface area contributed by atoms with E-state index < -0.39 is 70.3 Å². The molecule has 0 aromatic heterocycles. The van der Waals surface area contributed by atoms with Crippen LogP contribution in [0.1, 0.15) is 103 Å². The molecule has 1 atom stereocenters. The number of phosphoric ester groups is 1. The molecule has 0 saturated carbocycles. The van der Waals surface area contributed by atoms with Crippen molar-refractivity contribution < 1.29 is 53.7 Å². The summed E-state index contributed by atoms with van der Waals surface area (Å²) >= 11 is 0. The average Bonchev–Trinajstić information content (AvgIpc) is 3.47. The number of rotatable bonds is 34. The molecular weight excluding hydrogens is 860 g/mol. The Balaban J connectivity index is 2.30. The van der Waals surface area contributed by atoms with Crippen LogP contribution < -0.4 is 0 Å². The van der Waals surface area contributed by atoms with Crippen LogP contribution in [0.5, 0.6) is 0 Å². The Morgan fingerprint density at radius 1 is 0.500 bits per heavy atom. The summed E-state index contributed by atoms with van der Waals surface area (Å²) in [6.45, 7) is 31.2. The number of esters is 2. The number of hydrogen-bond donors (Lipinski definition) is 0. The van der Waals surface area contributed by atoms with Gasteiger partial charge in [-0.3, -0.25) is 23.2 Å². The first kappa shape index (κ1) is 56.2. The zero-order valence-corrected chi connectivity index (χ0v) is 46.4. The van der Waals surface area contributed by atoms with Crippen molar-refractivity contribution in [2.75, 3.05) is 26.4 Å². The molecule has 1 aliphatic heterocycles. The molecule has 0 bridgehead atoms. The molecule has 0 spiro atoms. The summed E-state index contributed by atoms with van der Waals surface area (Å²) in [6.07, 6.45) is 14.5. The quantitative estimate of drug-likeness (QED) is 0.0263. The van der Waals surface area contributed by atoms with E-state index in [-0.39, 0.29) is 38.8 Å². The normalized spacial score (nSPS) is 16.1. The topological polar surface area (TPSA) is 134 Å². The summed E-state index contributed by atoms with van der Waals surface area (Å²) in [5.41, 5.74) is 0. The Kier molecular flexibility index (Phi) is 25.9. The zero-order valence-electron chi connectivity index (χ0n) is 39.5. The largest absolute Gasteiger partial charge is 0.475 e. The Bertz CT molecular complexity index is 1220. The molecule has 1 fully saturated rings. The van der Waals surface area contributed by atoms with Crippen molar-refractivity contribution in [3.8, 4) is 0 Å². The van der Waals surface area contributed by atoms with Crippen LogP contribution >= 0.6 is 7.82 Å². The Hall–Kier alpha value is 0.191. The highest BCUT2D eigenvalue weighted by molar-refractivity contribution is 7.48. The molecule has 0 N–H and O–H groups in total. The van der Waals surface area contributed by atoms with Crippen LogP contribution in [0.25, 0.3) is 0 Å². The van der Waals surface area contributed by atoms with Gasteiger partial charge in [-0.1, -0.05) is 77.0 Å². The van der Waals surface area contributed by atoms with Gasteiger partial charge in [-0.2, -0.15) is 0 Å². The second-order valence-electron chi connectivity index (χ2n) is 20.1. The summed E-state index contributed by atoms with van der Waals surface area (Å²) in [7, 11) is -14.7. The number of carbonyl (C=O) groups is 2. The van der Waals surface area contributed by atoms with E-state index in [0.29, 0.717) is 12.8 Å². The van der Waals surface area contributed by atoms with E-state index in [1.54, 1.807) is 0 Å². The molecule has 58 heavy (non-hydrogen) atoms. The molecule has 0 amide bonds. The van der Waals surface area contributed by atoms with Gasteiger partial charge < -0.3 is 25.9 Å².